The zero-order valence-electron chi connectivity index (χ0n) is 10.4. The minimum absolute atomic E-state index is 0.0700. The number of alkyl halides is 3. The molecular formula is C11H13F3N4O2. The summed E-state index contributed by atoms with van der Waals surface area (Å²) in [5.74, 6) is -2.10. The Kier molecular flexibility index (Phi) is 3.96. The van der Waals surface area contributed by atoms with Crippen LogP contribution in [-0.2, 0) is 9.59 Å². The number of aromatic amines is 1. The largest absolute Gasteiger partial charge is 0.471 e. The lowest BCUT2D eigenvalue weighted by atomic mass is 9.96. The number of rotatable bonds is 2. The number of nitrogens with zero attached hydrogens (tertiary/aromatic N) is 2. The number of anilines is 1. The SMILES string of the molecule is O=C(Nc1ccn[nH]1)C1CCN(C(=O)C(F)(F)F)CC1. The Balaban J connectivity index is 1.85. The lowest BCUT2D eigenvalue weighted by Crippen LogP contribution is -2.46. The zero-order chi connectivity index (χ0) is 14.8. The van der Waals surface area contributed by atoms with Gasteiger partial charge in [0.2, 0.25) is 5.91 Å². The molecule has 1 aliphatic heterocycles. The minimum Gasteiger partial charge on any atom is -0.335 e. The first-order chi connectivity index (χ1) is 9.38. The molecule has 0 bridgehead atoms. The van der Waals surface area contributed by atoms with Crippen LogP contribution in [0.25, 0.3) is 0 Å². The molecule has 2 amide bonds. The number of hydrogen-bond donors (Lipinski definition) is 2. The first-order valence-corrected chi connectivity index (χ1v) is 6.04. The van der Waals surface area contributed by atoms with E-state index in [1.54, 1.807) is 6.07 Å². The van der Waals surface area contributed by atoms with Crippen LogP contribution < -0.4 is 5.32 Å². The van der Waals surface area contributed by atoms with E-state index in [4.69, 9.17) is 0 Å². The van der Waals surface area contributed by atoms with Crippen molar-refractivity contribution in [3.05, 3.63) is 12.3 Å². The van der Waals surface area contributed by atoms with E-state index in [0.717, 1.165) is 4.90 Å². The smallest absolute Gasteiger partial charge is 0.335 e. The average Bonchev–Trinajstić information content (AvgIpc) is 2.90. The van der Waals surface area contributed by atoms with Crippen LogP contribution in [0.5, 0.6) is 0 Å². The molecule has 1 saturated heterocycles. The van der Waals surface area contributed by atoms with Gasteiger partial charge in [-0.15, -0.1) is 0 Å². The van der Waals surface area contributed by atoms with Crippen LogP contribution in [0.2, 0.25) is 0 Å². The highest BCUT2D eigenvalue weighted by Crippen LogP contribution is 2.24. The fourth-order valence-corrected chi connectivity index (χ4v) is 2.08. The van der Waals surface area contributed by atoms with Crippen molar-refractivity contribution in [2.45, 2.75) is 19.0 Å². The van der Waals surface area contributed by atoms with Crippen LogP contribution in [0, 0.1) is 5.92 Å². The zero-order valence-corrected chi connectivity index (χ0v) is 10.4. The van der Waals surface area contributed by atoms with Crippen molar-refractivity contribution in [3.8, 4) is 0 Å². The summed E-state index contributed by atoms with van der Waals surface area (Å²) in [6.45, 7) is -0.140. The van der Waals surface area contributed by atoms with Crippen molar-refractivity contribution < 1.29 is 22.8 Å². The van der Waals surface area contributed by atoms with E-state index in [1.165, 1.54) is 6.20 Å². The Morgan fingerprint density at radius 2 is 2.00 bits per heavy atom. The van der Waals surface area contributed by atoms with Gasteiger partial charge in [0.05, 0.1) is 6.20 Å². The van der Waals surface area contributed by atoms with Gasteiger partial charge in [-0.25, -0.2) is 0 Å². The van der Waals surface area contributed by atoms with Gasteiger partial charge in [-0.2, -0.15) is 18.3 Å². The Morgan fingerprint density at radius 1 is 1.35 bits per heavy atom. The Bertz CT molecular complexity index is 478. The van der Waals surface area contributed by atoms with E-state index in [2.05, 4.69) is 15.5 Å². The van der Waals surface area contributed by atoms with E-state index in [1.807, 2.05) is 0 Å². The summed E-state index contributed by atoms with van der Waals surface area (Å²) in [5, 5.41) is 8.81. The van der Waals surface area contributed by atoms with Crippen molar-refractivity contribution in [2.75, 3.05) is 18.4 Å². The van der Waals surface area contributed by atoms with Crippen LogP contribution in [0.3, 0.4) is 0 Å². The fourth-order valence-electron chi connectivity index (χ4n) is 2.08. The third kappa shape index (κ3) is 3.28. The summed E-state index contributed by atoms with van der Waals surface area (Å²) in [7, 11) is 0. The quantitative estimate of drug-likeness (QED) is 0.857. The fraction of sp³-hybridized carbons (Fsp3) is 0.545. The maximum Gasteiger partial charge on any atom is 0.471 e. The number of likely N-dealkylation sites (tertiary alicyclic amines) is 1. The molecule has 2 N–H and O–H groups in total. The Hall–Kier alpha value is -2.06. The molecule has 1 aliphatic rings. The molecule has 20 heavy (non-hydrogen) atoms. The van der Waals surface area contributed by atoms with Crippen LogP contribution in [0.15, 0.2) is 12.3 Å². The molecule has 2 rings (SSSR count). The first kappa shape index (κ1) is 14.4. The molecule has 0 spiro atoms. The Morgan fingerprint density at radius 3 is 2.50 bits per heavy atom. The topological polar surface area (TPSA) is 78.1 Å². The lowest BCUT2D eigenvalue weighted by Gasteiger charge is -2.31. The molecule has 6 nitrogen and oxygen atoms in total. The molecular weight excluding hydrogens is 277 g/mol. The van der Waals surface area contributed by atoms with Gasteiger partial charge in [0, 0.05) is 25.1 Å². The summed E-state index contributed by atoms with van der Waals surface area (Å²) in [4.78, 5) is 23.6. The number of carbonyl (C=O) groups excluding carboxylic acids is 2. The predicted molar refractivity (Wildman–Crippen MR) is 62.6 cm³/mol. The van der Waals surface area contributed by atoms with E-state index in [9.17, 15) is 22.8 Å². The maximum absolute atomic E-state index is 12.3. The van der Waals surface area contributed by atoms with Crippen molar-refractivity contribution in [2.24, 2.45) is 5.92 Å². The lowest BCUT2D eigenvalue weighted by molar-refractivity contribution is -0.186. The first-order valence-electron chi connectivity index (χ1n) is 6.04. The highest BCUT2D eigenvalue weighted by atomic mass is 19.4. The molecule has 0 aromatic carbocycles. The highest BCUT2D eigenvalue weighted by Gasteiger charge is 2.43. The standard InChI is InChI=1S/C11H13F3N4O2/c12-11(13,14)10(20)18-5-2-7(3-6-18)9(19)16-8-1-4-15-17-8/h1,4,7H,2-3,5-6H2,(H2,15,16,17,19). The van der Waals surface area contributed by atoms with Crippen molar-refractivity contribution in [1.29, 1.82) is 0 Å². The van der Waals surface area contributed by atoms with Gasteiger partial charge in [0.15, 0.2) is 0 Å². The van der Waals surface area contributed by atoms with Crippen LogP contribution in [0.1, 0.15) is 12.8 Å². The number of nitrogens with one attached hydrogen (secondary N) is 2. The van der Waals surface area contributed by atoms with E-state index < -0.39 is 18.0 Å². The molecule has 1 aromatic rings. The predicted octanol–water partition coefficient (Wildman–Crippen LogP) is 1.15. The van der Waals surface area contributed by atoms with E-state index >= 15 is 0 Å². The normalized spacial score (nSPS) is 17.1. The van der Waals surface area contributed by atoms with E-state index in [0.29, 0.717) is 5.82 Å². The number of piperidine rings is 1. The van der Waals surface area contributed by atoms with E-state index in [-0.39, 0.29) is 31.8 Å². The van der Waals surface area contributed by atoms with Gasteiger partial charge in [0.25, 0.3) is 0 Å². The van der Waals surface area contributed by atoms with Gasteiger partial charge < -0.3 is 10.2 Å². The number of halogens is 3. The minimum atomic E-state index is -4.86. The van der Waals surface area contributed by atoms with Crippen molar-refractivity contribution in [1.82, 2.24) is 15.1 Å². The van der Waals surface area contributed by atoms with Crippen molar-refractivity contribution in [3.63, 3.8) is 0 Å². The second-order valence-corrected chi connectivity index (χ2v) is 4.52. The Labute approximate surface area is 112 Å². The summed E-state index contributed by atoms with van der Waals surface area (Å²) >= 11 is 0. The molecule has 0 radical (unpaired) electrons. The summed E-state index contributed by atoms with van der Waals surface area (Å²) < 4.78 is 36.8. The maximum atomic E-state index is 12.3. The molecule has 0 atom stereocenters. The molecule has 1 fully saturated rings. The molecule has 110 valence electrons. The van der Waals surface area contributed by atoms with Crippen LogP contribution in [0.4, 0.5) is 19.0 Å². The number of hydrogen-bond acceptors (Lipinski definition) is 3. The second-order valence-electron chi connectivity index (χ2n) is 4.52. The van der Waals surface area contributed by atoms with Gasteiger partial charge in [-0.05, 0) is 12.8 Å². The summed E-state index contributed by atoms with van der Waals surface area (Å²) in [6, 6.07) is 1.57. The van der Waals surface area contributed by atoms with Gasteiger partial charge >= 0.3 is 12.1 Å². The second kappa shape index (κ2) is 5.51. The molecule has 0 aliphatic carbocycles. The number of H-pyrrole nitrogens is 1. The molecule has 9 heteroatoms. The number of aromatic nitrogens is 2. The summed E-state index contributed by atoms with van der Waals surface area (Å²) in [5.41, 5.74) is 0. The molecule has 2 heterocycles. The monoisotopic (exact) mass is 290 g/mol. The highest BCUT2D eigenvalue weighted by molar-refractivity contribution is 5.92. The number of amides is 2. The van der Waals surface area contributed by atoms with Crippen LogP contribution in [-0.4, -0.2) is 46.2 Å². The molecule has 0 unspecified atom stereocenters. The summed E-state index contributed by atoms with van der Waals surface area (Å²) in [6.07, 6.45) is -2.96. The average molecular weight is 290 g/mol. The molecule has 0 saturated carbocycles. The van der Waals surface area contributed by atoms with Gasteiger partial charge in [-0.3, -0.25) is 14.7 Å². The van der Waals surface area contributed by atoms with Gasteiger partial charge in [0.1, 0.15) is 5.82 Å². The molecule has 1 aromatic heterocycles. The number of carbonyl (C=O) groups is 2. The van der Waals surface area contributed by atoms with Crippen molar-refractivity contribution >= 4 is 17.6 Å². The van der Waals surface area contributed by atoms with Gasteiger partial charge in [-0.1, -0.05) is 0 Å². The third-order valence-electron chi connectivity index (χ3n) is 3.15. The van der Waals surface area contributed by atoms with Crippen LogP contribution >= 0.6 is 0 Å². The third-order valence-corrected chi connectivity index (χ3v) is 3.15.